The van der Waals surface area contributed by atoms with Crippen molar-refractivity contribution >= 4 is 30.5 Å². The molecule has 0 aliphatic heterocycles. The van der Waals surface area contributed by atoms with Gasteiger partial charge in [0, 0.05) is 18.2 Å². The Hall–Kier alpha value is -3.19. The van der Waals surface area contributed by atoms with E-state index in [1.165, 1.54) is 43.8 Å². The number of nitrogens with zero attached hydrogens (tertiary/aromatic N) is 1. The van der Waals surface area contributed by atoms with Gasteiger partial charge in [-0.15, -0.1) is 0 Å². The minimum atomic E-state index is 0.226. The molecule has 5 rings (SSSR count). The van der Waals surface area contributed by atoms with Gasteiger partial charge in [-0.05, 0) is 58.1 Å². The minimum Gasteiger partial charge on any atom is -0.460 e. The van der Waals surface area contributed by atoms with Crippen molar-refractivity contribution in [2.45, 2.75) is 26.8 Å². The fraction of sp³-hybridized carbons (Fsp3) is 0.161. The van der Waals surface area contributed by atoms with E-state index >= 15 is 0 Å². The van der Waals surface area contributed by atoms with Crippen LogP contribution in [0.25, 0.3) is 32.7 Å². The molecule has 0 N–H and O–H groups in total. The molecule has 0 aliphatic rings. The first-order valence-corrected chi connectivity index (χ1v) is 12.8. The molecule has 1 unspecified atom stereocenters. The van der Waals surface area contributed by atoms with E-state index in [0.717, 1.165) is 12.3 Å². The summed E-state index contributed by atoms with van der Waals surface area (Å²) in [7, 11) is 0.226. The minimum absolute atomic E-state index is 0.226. The Labute approximate surface area is 204 Å². The first-order chi connectivity index (χ1) is 16.7. The van der Waals surface area contributed by atoms with Crippen molar-refractivity contribution in [3.63, 3.8) is 0 Å². The highest BCUT2D eigenvalue weighted by Gasteiger charge is 2.19. The first kappa shape index (κ1) is 22.6. The van der Waals surface area contributed by atoms with Gasteiger partial charge in [0.25, 0.3) is 0 Å². The fourth-order valence-electron chi connectivity index (χ4n) is 4.74. The lowest BCUT2D eigenvalue weighted by Gasteiger charge is -2.28. The molecular formula is C31H30NOP. The highest BCUT2D eigenvalue weighted by molar-refractivity contribution is 7.29. The Bertz CT molecular complexity index is 1430. The maximum absolute atomic E-state index is 6.65. The molecule has 170 valence electrons. The van der Waals surface area contributed by atoms with Crippen molar-refractivity contribution in [1.29, 1.82) is 0 Å². The number of hydrogen-bond donors (Lipinski definition) is 0. The Balaban J connectivity index is 1.60. The van der Waals surface area contributed by atoms with E-state index in [1.807, 2.05) is 0 Å². The van der Waals surface area contributed by atoms with Gasteiger partial charge >= 0.3 is 0 Å². The Morgan fingerprint density at radius 3 is 1.97 bits per heavy atom. The molecule has 0 fully saturated rings. The van der Waals surface area contributed by atoms with Crippen LogP contribution in [0.2, 0.25) is 0 Å². The lowest BCUT2D eigenvalue weighted by atomic mass is 9.90. The monoisotopic (exact) mass is 463 g/mol. The van der Waals surface area contributed by atoms with E-state index in [2.05, 4.69) is 129 Å². The lowest BCUT2D eigenvalue weighted by Crippen LogP contribution is -2.19. The molecule has 0 aromatic heterocycles. The SMILES string of the molecule is CCN(POc1ccc2ccccc2c1-c1c(C)ccc2ccccc12)[C@H](C)c1ccccc1. The molecule has 5 aromatic carbocycles. The van der Waals surface area contributed by atoms with Gasteiger partial charge in [-0.3, -0.25) is 0 Å². The summed E-state index contributed by atoms with van der Waals surface area (Å²) in [4.78, 5) is 0. The number of aryl methyl sites for hydroxylation is 1. The molecule has 5 aromatic rings. The molecule has 0 heterocycles. The van der Waals surface area contributed by atoms with Crippen molar-refractivity contribution < 1.29 is 4.52 Å². The van der Waals surface area contributed by atoms with Crippen LogP contribution >= 0.6 is 8.96 Å². The van der Waals surface area contributed by atoms with Crippen LogP contribution in [0.3, 0.4) is 0 Å². The third-order valence-electron chi connectivity index (χ3n) is 6.64. The number of rotatable bonds is 7. The largest absolute Gasteiger partial charge is 0.460 e. The summed E-state index contributed by atoms with van der Waals surface area (Å²) in [6.07, 6.45) is 0. The van der Waals surface area contributed by atoms with Gasteiger partial charge in [0.1, 0.15) is 14.7 Å². The summed E-state index contributed by atoms with van der Waals surface area (Å²) in [5.41, 5.74) is 5.01. The molecule has 34 heavy (non-hydrogen) atoms. The molecule has 0 spiro atoms. The third-order valence-corrected chi connectivity index (χ3v) is 7.89. The van der Waals surface area contributed by atoms with Gasteiger partial charge < -0.3 is 4.52 Å². The zero-order chi connectivity index (χ0) is 23.5. The van der Waals surface area contributed by atoms with Gasteiger partial charge in [-0.1, -0.05) is 104 Å². The lowest BCUT2D eigenvalue weighted by molar-refractivity contribution is 0.367. The number of hydrogen-bond acceptors (Lipinski definition) is 2. The second-order valence-corrected chi connectivity index (χ2v) is 9.67. The molecule has 0 saturated carbocycles. The summed E-state index contributed by atoms with van der Waals surface area (Å²) in [5.74, 6) is 0.940. The Morgan fingerprint density at radius 1 is 0.706 bits per heavy atom. The Morgan fingerprint density at radius 2 is 1.29 bits per heavy atom. The van der Waals surface area contributed by atoms with Crippen LogP contribution in [-0.2, 0) is 0 Å². The smallest absolute Gasteiger partial charge is 0.150 e. The van der Waals surface area contributed by atoms with Crippen molar-refractivity contribution in [2.24, 2.45) is 0 Å². The second kappa shape index (κ2) is 9.97. The van der Waals surface area contributed by atoms with Gasteiger partial charge in [-0.2, -0.15) is 0 Å². The standard InChI is InChI=1S/C31H30NOP/c1-4-32(23(3)24-12-6-5-7-13-24)34-33-29-21-20-26-15-9-11-17-28(26)31(29)30-22(2)18-19-25-14-8-10-16-27(25)30/h5-21,23,34H,4H2,1-3H3/t23-/m1/s1. The second-order valence-electron chi connectivity index (χ2n) is 8.70. The molecular weight excluding hydrogens is 433 g/mol. The van der Waals surface area contributed by atoms with Crippen LogP contribution in [0.1, 0.15) is 31.0 Å². The molecule has 2 nitrogen and oxygen atoms in total. The molecule has 2 atom stereocenters. The van der Waals surface area contributed by atoms with Crippen molar-refractivity contribution in [3.05, 3.63) is 114 Å². The van der Waals surface area contributed by atoms with Crippen molar-refractivity contribution in [3.8, 4) is 16.9 Å². The summed E-state index contributed by atoms with van der Waals surface area (Å²) in [5, 5.41) is 4.96. The van der Waals surface area contributed by atoms with Crippen molar-refractivity contribution in [1.82, 2.24) is 4.67 Å². The van der Waals surface area contributed by atoms with E-state index in [-0.39, 0.29) is 15.0 Å². The van der Waals surface area contributed by atoms with Gasteiger partial charge in [-0.25, -0.2) is 4.67 Å². The average molecular weight is 464 g/mol. The predicted octanol–water partition coefficient (Wildman–Crippen LogP) is 8.94. The highest BCUT2D eigenvalue weighted by Crippen LogP contribution is 2.45. The number of benzene rings is 5. The van der Waals surface area contributed by atoms with Crippen LogP contribution in [0.15, 0.2) is 103 Å². The van der Waals surface area contributed by atoms with Crippen LogP contribution in [-0.4, -0.2) is 11.2 Å². The van der Waals surface area contributed by atoms with E-state index < -0.39 is 0 Å². The van der Waals surface area contributed by atoms with Crippen molar-refractivity contribution in [2.75, 3.05) is 6.54 Å². The molecule has 0 aliphatic carbocycles. The topological polar surface area (TPSA) is 12.5 Å². The maximum Gasteiger partial charge on any atom is 0.150 e. The van der Waals surface area contributed by atoms with Crippen LogP contribution in [0, 0.1) is 6.92 Å². The van der Waals surface area contributed by atoms with E-state index in [4.69, 9.17) is 4.52 Å². The summed E-state index contributed by atoms with van der Waals surface area (Å²) in [6.45, 7) is 7.58. The quantitative estimate of drug-likeness (QED) is 0.223. The molecule has 0 radical (unpaired) electrons. The van der Waals surface area contributed by atoms with Gasteiger partial charge in [0.05, 0.1) is 0 Å². The molecule has 0 saturated heterocycles. The summed E-state index contributed by atoms with van der Waals surface area (Å²) < 4.78 is 9.05. The third kappa shape index (κ3) is 4.32. The summed E-state index contributed by atoms with van der Waals surface area (Å²) in [6, 6.07) is 37.0. The molecule has 0 bridgehead atoms. The predicted molar refractivity (Wildman–Crippen MR) is 148 cm³/mol. The van der Waals surface area contributed by atoms with E-state index in [1.54, 1.807) is 0 Å². The summed E-state index contributed by atoms with van der Waals surface area (Å²) >= 11 is 0. The fourth-order valence-corrected chi connectivity index (χ4v) is 5.57. The zero-order valence-electron chi connectivity index (χ0n) is 20.0. The van der Waals surface area contributed by atoms with Crippen LogP contribution in [0.5, 0.6) is 5.75 Å². The molecule has 3 heteroatoms. The number of fused-ring (bicyclic) bond motifs is 2. The average Bonchev–Trinajstić information content (AvgIpc) is 2.89. The maximum atomic E-state index is 6.65. The van der Waals surface area contributed by atoms with E-state index in [0.29, 0.717) is 0 Å². The highest BCUT2D eigenvalue weighted by atomic mass is 31.1. The van der Waals surface area contributed by atoms with Crippen LogP contribution < -0.4 is 4.52 Å². The first-order valence-electron chi connectivity index (χ1n) is 11.9. The Kier molecular flexibility index (Phi) is 6.63. The van der Waals surface area contributed by atoms with Gasteiger partial charge in [0.2, 0.25) is 0 Å². The zero-order valence-corrected chi connectivity index (χ0v) is 21.0. The van der Waals surface area contributed by atoms with Crippen LogP contribution in [0.4, 0.5) is 0 Å². The molecule has 0 amide bonds. The van der Waals surface area contributed by atoms with E-state index in [9.17, 15) is 0 Å². The normalized spacial score (nSPS) is 12.7. The van der Waals surface area contributed by atoms with Gasteiger partial charge in [0.15, 0.2) is 0 Å².